The number of hydrogen-bond acceptors (Lipinski definition) is 12. The fourth-order valence-electron chi connectivity index (χ4n) is 10.3. The van der Waals surface area contributed by atoms with Crippen molar-refractivity contribution in [3.8, 4) is 50.6 Å². The molecule has 376 valence electrons. The van der Waals surface area contributed by atoms with Gasteiger partial charge in [0.1, 0.15) is 23.6 Å². The summed E-state index contributed by atoms with van der Waals surface area (Å²) in [5, 5.41) is 28.2. The molecule has 0 aliphatic carbocycles. The summed E-state index contributed by atoms with van der Waals surface area (Å²) in [5.41, 5.74) is 8.91. The Labute approximate surface area is 414 Å². The van der Waals surface area contributed by atoms with Gasteiger partial charge < -0.3 is 48.8 Å². The molecule has 6 N–H and O–H groups in total. The summed E-state index contributed by atoms with van der Waals surface area (Å²) in [4.78, 5) is 60.0. The Bertz CT molecular complexity index is 2870. The van der Waals surface area contributed by atoms with Crippen molar-refractivity contribution >= 4 is 28.7 Å². The molecule has 0 bridgehead atoms. The molecule has 9 rings (SSSR count). The number of H-pyrrole nitrogens is 2. The number of hydrogen-bond donors (Lipinski definition) is 6. The summed E-state index contributed by atoms with van der Waals surface area (Å²) in [7, 11) is 1.38. The summed E-state index contributed by atoms with van der Waals surface area (Å²) in [6.07, 6.45) is 4.92. The molecule has 2 fully saturated rings. The van der Waals surface area contributed by atoms with Gasteiger partial charge in [-0.15, -0.1) is 0 Å². The highest BCUT2D eigenvalue weighted by atomic mass is 16.6. The number of fused-ring (bicyclic) bond motifs is 5. The first-order valence-electron chi connectivity index (χ1n) is 25.0. The molecule has 3 aliphatic heterocycles. The Kier molecular flexibility index (Phi) is 14.8. The maximum absolute atomic E-state index is 13.9. The number of methoxy groups -OCH3 is 1. The van der Waals surface area contributed by atoms with Gasteiger partial charge in [0.2, 0.25) is 18.2 Å². The van der Waals surface area contributed by atoms with E-state index in [1.807, 2.05) is 67.1 Å². The Hall–Kier alpha value is -6.37. The van der Waals surface area contributed by atoms with E-state index >= 15 is 0 Å². The normalized spacial score (nSPS) is 18.4. The lowest BCUT2D eigenvalue weighted by Crippen LogP contribution is -2.52. The number of rotatable bonds is 18. The molecular weight excluding hydrogens is 903 g/mol. The van der Waals surface area contributed by atoms with Gasteiger partial charge in [-0.1, -0.05) is 71.0 Å². The van der Waals surface area contributed by atoms with Crippen molar-refractivity contribution in [3.63, 3.8) is 0 Å². The van der Waals surface area contributed by atoms with Crippen molar-refractivity contribution in [1.82, 2.24) is 44.9 Å². The lowest BCUT2D eigenvalue weighted by atomic mass is 9.95. The minimum Gasteiger partial charge on any atom is -0.472 e. The average Bonchev–Trinajstić information content (AvgIpc) is 4.24. The van der Waals surface area contributed by atoms with Crippen LogP contribution >= 0.6 is 0 Å². The van der Waals surface area contributed by atoms with Crippen LogP contribution in [0.4, 0.5) is 0 Å². The number of nitrogens with one attached hydrogen (secondary N) is 4. The third-order valence-electron chi connectivity index (χ3n) is 14.5. The molecule has 71 heavy (non-hydrogen) atoms. The second kappa shape index (κ2) is 21.2. The topological polar surface area (TPSA) is 212 Å². The number of ether oxygens (including phenoxy) is 3. The van der Waals surface area contributed by atoms with Crippen LogP contribution in [0.1, 0.15) is 109 Å². The fraction of sp³-hybridized carbons (Fsp3) is 0.463. The highest BCUT2D eigenvalue weighted by Gasteiger charge is 2.38. The molecule has 0 radical (unpaired) electrons. The Balaban J connectivity index is 1.05. The molecule has 2 amide bonds. The SMILES string of the molecule is CCOC(=O)CCNC(O)c1ccc(-c2c3n(c4ccc(-c5cnc(C6CCCN6C(=O)C(C)C(C)C)[nH]5)cc24)COc2cc(-c4cnc(C5CCCN5C(=O)C(NC(O)OC)C(C)C)[nH]4)ccc2-3)cc1. The van der Waals surface area contributed by atoms with E-state index in [1.54, 1.807) is 13.1 Å². The quantitative estimate of drug-likeness (QED) is 0.0360. The molecule has 6 atom stereocenters. The monoisotopic (exact) mass is 970 g/mol. The molecule has 3 aromatic carbocycles. The highest BCUT2D eigenvalue weighted by Crippen LogP contribution is 2.48. The number of amides is 2. The van der Waals surface area contributed by atoms with E-state index in [-0.39, 0.29) is 67.3 Å². The molecule has 0 spiro atoms. The van der Waals surface area contributed by atoms with Gasteiger partial charge in [0.05, 0.1) is 66.1 Å². The summed E-state index contributed by atoms with van der Waals surface area (Å²) in [6, 6.07) is 19.4. The summed E-state index contributed by atoms with van der Waals surface area (Å²) in [6.45, 7) is 13.9. The second-order valence-electron chi connectivity index (χ2n) is 19.7. The fourth-order valence-corrected chi connectivity index (χ4v) is 10.3. The van der Waals surface area contributed by atoms with Crippen LogP contribution in [-0.4, -0.2) is 108 Å². The number of nitrogens with zero attached hydrogens (tertiary/aromatic N) is 5. The molecule has 6 unspecified atom stereocenters. The zero-order valence-corrected chi connectivity index (χ0v) is 41.7. The van der Waals surface area contributed by atoms with E-state index < -0.39 is 18.7 Å². The van der Waals surface area contributed by atoms with Crippen LogP contribution in [0.3, 0.4) is 0 Å². The summed E-state index contributed by atoms with van der Waals surface area (Å²) in [5.74, 6) is 2.00. The zero-order chi connectivity index (χ0) is 50.1. The minimum absolute atomic E-state index is 0.0765. The van der Waals surface area contributed by atoms with Crippen LogP contribution in [-0.2, 0) is 30.6 Å². The predicted molar refractivity (Wildman–Crippen MR) is 269 cm³/mol. The van der Waals surface area contributed by atoms with Crippen LogP contribution in [0, 0.1) is 17.8 Å². The van der Waals surface area contributed by atoms with Crippen molar-refractivity contribution in [1.29, 1.82) is 0 Å². The Morgan fingerprint density at radius 2 is 1.44 bits per heavy atom. The van der Waals surface area contributed by atoms with E-state index in [9.17, 15) is 24.6 Å². The lowest BCUT2D eigenvalue weighted by Gasteiger charge is -2.31. The van der Waals surface area contributed by atoms with Crippen molar-refractivity contribution < 1.29 is 38.8 Å². The van der Waals surface area contributed by atoms with Crippen LogP contribution in [0.25, 0.3) is 55.8 Å². The van der Waals surface area contributed by atoms with Crippen LogP contribution in [0.5, 0.6) is 5.75 Å². The number of imidazole rings is 2. The smallest absolute Gasteiger partial charge is 0.307 e. The van der Waals surface area contributed by atoms with E-state index in [1.165, 1.54) is 7.11 Å². The van der Waals surface area contributed by atoms with Crippen LogP contribution in [0.2, 0.25) is 0 Å². The third kappa shape index (κ3) is 9.98. The molecule has 0 saturated carbocycles. The van der Waals surface area contributed by atoms with Gasteiger partial charge in [0.25, 0.3) is 0 Å². The third-order valence-corrected chi connectivity index (χ3v) is 14.5. The van der Waals surface area contributed by atoms with Gasteiger partial charge in [-0.3, -0.25) is 25.0 Å². The number of benzene rings is 3. The molecule has 2 saturated heterocycles. The number of aliphatic hydroxyl groups is 2. The van der Waals surface area contributed by atoms with Crippen molar-refractivity contribution in [2.75, 3.05) is 33.4 Å². The zero-order valence-electron chi connectivity index (χ0n) is 41.7. The Morgan fingerprint density at radius 3 is 2.06 bits per heavy atom. The molecular formula is C54H67N9O8. The first-order chi connectivity index (χ1) is 34.3. The summed E-state index contributed by atoms with van der Waals surface area (Å²) >= 11 is 0. The average molecular weight is 970 g/mol. The van der Waals surface area contributed by atoms with Gasteiger partial charge in [-0.25, -0.2) is 9.97 Å². The van der Waals surface area contributed by atoms with Crippen molar-refractivity contribution in [2.45, 2.75) is 111 Å². The highest BCUT2D eigenvalue weighted by molar-refractivity contribution is 6.07. The predicted octanol–water partition coefficient (Wildman–Crippen LogP) is 7.79. The summed E-state index contributed by atoms with van der Waals surface area (Å²) < 4.78 is 18.8. The molecule has 3 aromatic heterocycles. The van der Waals surface area contributed by atoms with Gasteiger partial charge in [-0.05, 0) is 79.8 Å². The molecule has 3 aliphatic rings. The first-order valence-corrected chi connectivity index (χ1v) is 25.0. The number of carbonyl (C=O) groups excluding carboxylic acids is 3. The molecule has 17 nitrogen and oxygen atoms in total. The van der Waals surface area contributed by atoms with E-state index in [0.717, 1.165) is 93.9 Å². The molecule has 6 heterocycles. The Morgan fingerprint density at radius 1 is 0.817 bits per heavy atom. The number of carbonyl (C=O) groups is 3. The minimum atomic E-state index is -1.26. The van der Waals surface area contributed by atoms with Crippen molar-refractivity contribution in [2.24, 2.45) is 17.8 Å². The van der Waals surface area contributed by atoms with E-state index in [0.29, 0.717) is 30.3 Å². The standard InChI is InChI=1S/C54H67N9O8/c1-8-70-45(64)21-22-55-51(65)34-15-13-33(14-16-34)46-38-25-35(39-27-56-49(58-39)42-11-9-23-61(42)52(66)32(6)30(2)3)18-20-41(38)63-29-71-44-26-36(17-19-37(44)48(46)63)40-28-57-50(59-40)43-12-10-24-62(43)53(67)47(31(4)5)60-54(68)69-7/h13-20,25-28,30-32,42-43,47,51,54-55,60,65,68H,8-12,21-24,29H2,1-7H3,(H,56,58)(H,57,59). The number of aromatic nitrogens is 5. The number of esters is 1. The largest absolute Gasteiger partial charge is 0.472 e. The van der Waals surface area contributed by atoms with Crippen LogP contribution in [0.15, 0.2) is 73.1 Å². The number of likely N-dealkylation sites (tertiary alicyclic amines) is 2. The molecule has 6 aromatic rings. The number of aliphatic hydroxyl groups excluding tert-OH is 2. The van der Waals surface area contributed by atoms with E-state index in [2.05, 4.69) is 69.3 Å². The van der Waals surface area contributed by atoms with Gasteiger partial charge >= 0.3 is 5.97 Å². The van der Waals surface area contributed by atoms with Gasteiger partial charge in [0, 0.05) is 60.3 Å². The first kappa shape index (κ1) is 49.6. The van der Waals surface area contributed by atoms with Crippen molar-refractivity contribution in [3.05, 3.63) is 90.3 Å². The second-order valence-corrected chi connectivity index (χ2v) is 19.7. The van der Waals surface area contributed by atoms with Crippen LogP contribution < -0.4 is 15.4 Å². The van der Waals surface area contributed by atoms with Gasteiger partial charge in [-0.2, -0.15) is 0 Å². The maximum Gasteiger partial charge on any atom is 0.307 e. The lowest BCUT2D eigenvalue weighted by molar-refractivity contribution is -0.145. The van der Waals surface area contributed by atoms with E-state index in [4.69, 9.17) is 24.2 Å². The number of aromatic amines is 2. The maximum atomic E-state index is 13.9. The van der Waals surface area contributed by atoms with Gasteiger partial charge in [0.15, 0.2) is 6.73 Å². The molecule has 17 heteroatoms.